The van der Waals surface area contributed by atoms with Crippen LogP contribution in [0, 0.1) is 17.7 Å². The average Bonchev–Trinajstić information content (AvgIpc) is 3.49. The molecule has 0 amide bonds. The van der Waals surface area contributed by atoms with E-state index in [2.05, 4.69) is 32.6 Å². The van der Waals surface area contributed by atoms with Crippen molar-refractivity contribution in [2.75, 3.05) is 12.8 Å². The molecule has 0 saturated heterocycles. The molecule has 0 aliphatic heterocycles. The number of hydrogen-bond acceptors (Lipinski definition) is 5. The van der Waals surface area contributed by atoms with E-state index in [0.29, 0.717) is 11.4 Å². The number of carboxylic acids is 1. The topological polar surface area (TPSA) is 90.7 Å². The summed E-state index contributed by atoms with van der Waals surface area (Å²) in [6.45, 7) is 10.2. The van der Waals surface area contributed by atoms with Gasteiger partial charge < -0.3 is 9.53 Å². The Hall–Kier alpha value is -4.71. The molecule has 0 aliphatic rings. The highest BCUT2D eigenvalue weighted by Crippen LogP contribution is 2.39. The van der Waals surface area contributed by atoms with Crippen LogP contribution >= 0.6 is 8.03 Å². The number of aliphatic carboxylic acids is 1. The fraction of sp³-hybridized carbons (Fsp3) is 0.268. The molecule has 0 aliphatic carbocycles. The molecule has 51 heavy (non-hydrogen) atoms. The van der Waals surface area contributed by atoms with E-state index in [1.54, 1.807) is 12.1 Å². The van der Waals surface area contributed by atoms with Crippen LogP contribution in [0.25, 0.3) is 22.4 Å². The van der Waals surface area contributed by atoms with Gasteiger partial charge in [-0.15, -0.1) is 4.52 Å². The predicted octanol–water partition coefficient (Wildman–Crippen LogP) is 8.47. The van der Waals surface area contributed by atoms with Crippen molar-refractivity contribution in [2.24, 2.45) is 0 Å². The summed E-state index contributed by atoms with van der Waals surface area (Å²) in [5.74, 6) is 4.81. The molecule has 1 heterocycles. The van der Waals surface area contributed by atoms with Gasteiger partial charge in [0.15, 0.2) is 6.61 Å². The summed E-state index contributed by atoms with van der Waals surface area (Å²) in [5, 5.41) is 16.4. The van der Waals surface area contributed by atoms with Crippen molar-refractivity contribution in [3.8, 4) is 34.2 Å². The van der Waals surface area contributed by atoms with Crippen molar-refractivity contribution in [1.82, 2.24) is 9.78 Å². The van der Waals surface area contributed by atoms with Gasteiger partial charge in [-0.05, 0) is 57.4 Å². The zero-order chi connectivity index (χ0) is 36.6. The highest BCUT2D eigenvalue weighted by atomic mass is 31.1. The molecule has 2 unspecified atom stereocenters. The first kappa shape index (κ1) is 37.5. The zero-order valence-electron chi connectivity index (χ0n) is 29.5. The van der Waals surface area contributed by atoms with Crippen molar-refractivity contribution < 1.29 is 27.8 Å². The lowest BCUT2D eigenvalue weighted by Crippen LogP contribution is -2.68. The van der Waals surface area contributed by atoms with Gasteiger partial charge in [-0.2, -0.15) is 5.10 Å². The third-order valence-corrected chi connectivity index (χ3v) is 14.8. The Morgan fingerprint density at radius 2 is 1.43 bits per heavy atom. The normalized spacial score (nSPS) is 12.6. The summed E-state index contributed by atoms with van der Waals surface area (Å²) in [7, 11) is -5.47. The Morgan fingerprint density at radius 1 is 0.882 bits per heavy atom. The molecule has 4 aromatic carbocycles. The molecule has 10 heteroatoms. The third kappa shape index (κ3) is 8.78. The van der Waals surface area contributed by atoms with Gasteiger partial charge in [0.1, 0.15) is 23.3 Å². The molecular weight excluding hydrogens is 679 g/mol. The van der Waals surface area contributed by atoms with Crippen LogP contribution in [-0.4, -0.2) is 48.0 Å². The minimum Gasteiger partial charge on any atom is -0.481 e. The fourth-order valence-corrected chi connectivity index (χ4v) is 12.0. The quantitative estimate of drug-likeness (QED) is 0.0746. The van der Waals surface area contributed by atoms with Crippen LogP contribution in [0.1, 0.15) is 52.8 Å². The molecule has 262 valence electrons. The van der Waals surface area contributed by atoms with Gasteiger partial charge in [-0.1, -0.05) is 130 Å². The number of aromatic nitrogens is 2. The van der Waals surface area contributed by atoms with Crippen molar-refractivity contribution in [3.05, 3.63) is 127 Å². The van der Waals surface area contributed by atoms with Gasteiger partial charge in [0.05, 0.1) is 6.42 Å². The maximum atomic E-state index is 13.9. The molecule has 1 aromatic heterocycles. The minimum atomic E-state index is -3.12. The predicted molar refractivity (Wildman–Crippen MR) is 203 cm³/mol. The van der Waals surface area contributed by atoms with Crippen LogP contribution in [0.5, 0.6) is 0 Å². The Bertz CT molecular complexity index is 1960. The van der Waals surface area contributed by atoms with E-state index >= 15 is 0 Å². The molecule has 1 N–H and O–H groups in total. The SMILES string of the molecule is CC(C)n1nc(-c2ccccc2)c(-c2ccc(F)cc2)c1C#CCO[P+](=O)CC(CC(=O)O)O[Si](c1ccccc1)(c1ccccc1)C(C)(C)C. The minimum absolute atomic E-state index is 0.0427. The lowest BCUT2D eigenvalue weighted by atomic mass is 9.99. The average molecular weight is 722 g/mol. The molecule has 0 spiro atoms. The second-order valence-electron chi connectivity index (χ2n) is 13.6. The first-order chi connectivity index (χ1) is 24.4. The van der Waals surface area contributed by atoms with E-state index in [9.17, 15) is 18.9 Å². The van der Waals surface area contributed by atoms with Gasteiger partial charge in [-0.25, -0.2) is 4.39 Å². The van der Waals surface area contributed by atoms with Gasteiger partial charge in [0.25, 0.3) is 8.32 Å². The highest BCUT2D eigenvalue weighted by molar-refractivity contribution is 7.39. The number of halogens is 1. The lowest BCUT2D eigenvalue weighted by Gasteiger charge is -2.44. The van der Waals surface area contributed by atoms with Crippen LogP contribution < -0.4 is 10.4 Å². The van der Waals surface area contributed by atoms with Crippen molar-refractivity contribution >= 4 is 32.7 Å². The Kier molecular flexibility index (Phi) is 12.2. The van der Waals surface area contributed by atoms with Crippen LogP contribution in [-0.2, 0) is 18.3 Å². The van der Waals surface area contributed by atoms with E-state index in [-0.39, 0.29) is 31.0 Å². The smallest absolute Gasteiger partial charge is 0.481 e. The van der Waals surface area contributed by atoms with Crippen LogP contribution in [0.3, 0.4) is 0 Å². The van der Waals surface area contributed by atoms with E-state index in [4.69, 9.17) is 14.0 Å². The second-order valence-corrected chi connectivity index (χ2v) is 19.1. The van der Waals surface area contributed by atoms with E-state index in [1.165, 1.54) is 12.1 Å². The summed E-state index contributed by atoms with van der Waals surface area (Å²) in [4.78, 5) is 12.1. The molecular formula is C41H43FN2O5PSi+. The highest BCUT2D eigenvalue weighted by Gasteiger charge is 2.52. The van der Waals surface area contributed by atoms with Gasteiger partial charge in [0, 0.05) is 17.2 Å². The Morgan fingerprint density at radius 3 is 1.94 bits per heavy atom. The number of carboxylic acid groups (broad SMARTS) is 1. The van der Waals surface area contributed by atoms with Gasteiger partial charge in [-0.3, -0.25) is 9.48 Å². The van der Waals surface area contributed by atoms with Gasteiger partial charge in [0.2, 0.25) is 6.16 Å². The lowest BCUT2D eigenvalue weighted by molar-refractivity contribution is -0.138. The molecule has 2 atom stereocenters. The van der Waals surface area contributed by atoms with Crippen LogP contribution in [0.2, 0.25) is 5.04 Å². The van der Waals surface area contributed by atoms with E-state index in [0.717, 1.165) is 27.1 Å². The van der Waals surface area contributed by atoms with Gasteiger partial charge >= 0.3 is 14.0 Å². The van der Waals surface area contributed by atoms with Crippen molar-refractivity contribution in [2.45, 2.75) is 58.2 Å². The molecule has 5 rings (SSSR count). The first-order valence-electron chi connectivity index (χ1n) is 16.9. The Balaban J connectivity index is 1.43. The summed E-state index contributed by atoms with van der Waals surface area (Å²) < 4.78 is 42.0. The van der Waals surface area contributed by atoms with Crippen molar-refractivity contribution in [3.63, 3.8) is 0 Å². The molecule has 0 bridgehead atoms. The van der Waals surface area contributed by atoms with Crippen LogP contribution in [0.15, 0.2) is 115 Å². The maximum absolute atomic E-state index is 13.9. The monoisotopic (exact) mass is 721 g/mol. The molecule has 0 saturated carbocycles. The zero-order valence-corrected chi connectivity index (χ0v) is 31.4. The maximum Gasteiger partial charge on any atom is 0.511 e. The largest absolute Gasteiger partial charge is 0.511 e. The van der Waals surface area contributed by atoms with E-state index in [1.807, 2.05) is 110 Å². The number of benzene rings is 4. The van der Waals surface area contributed by atoms with Crippen molar-refractivity contribution in [1.29, 1.82) is 0 Å². The summed E-state index contributed by atoms with van der Waals surface area (Å²) in [6, 6.07) is 35.7. The first-order valence-corrected chi connectivity index (χ1v) is 20.2. The molecule has 0 radical (unpaired) electrons. The Labute approximate surface area is 301 Å². The number of hydrogen-bond donors (Lipinski definition) is 1. The summed E-state index contributed by atoms with van der Waals surface area (Å²) in [6.07, 6.45) is -1.33. The number of nitrogens with zero attached hydrogens (tertiary/aromatic N) is 2. The summed E-state index contributed by atoms with van der Waals surface area (Å²) >= 11 is 0. The fourth-order valence-electron chi connectivity index (χ4n) is 6.34. The third-order valence-electron chi connectivity index (χ3n) is 8.58. The molecule has 0 fully saturated rings. The van der Waals surface area contributed by atoms with Crippen LogP contribution in [0.4, 0.5) is 4.39 Å². The second kappa shape index (κ2) is 16.5. The van der Waals surface area contributed by atoms with E-state index < -0.39 is 33.5 Å². The molecule has 5 aromatic rings. The standard InChI is InChI=1S/C41H42FN2O5PSi/c1-30(2)44-37(39(31-23-25-33(42)26-24-31)40(43-44)32-16-9-6-10-17-32)22-15-27-48-50(47)29-34(28-38(45)46)49-51(41(3,4)5,35-18-11-7-12-19-35)36-20-13-8-14-21-36/h6-14,16-21,23-26,30,34H,27-29H2,1-5H3/p+1. The molecule has 7 nitrogen and oxygen atoms in total. The number of carbonyl (C=O) groups is 1. The number of rotatable bonds is 13. The summed E-state index contributed by atoms with van der Waals surface area (Å²) in [5.41, 5.74) is 3.74.